The molecule has 0 amide bonds. The zero-order valence-electron chi connectivity index (χ0n) is 14.5. The van der Waals surface area contributed by atoms with Crippen LogP contribution in [0.25, 0.3) is 11.1 Å². The summed E-state index contributed by atoms with van der Waals surface area (Å²) < 4.78 is 24.4. The zero-order valence-corrected chi connectivity index (χ0v) is 14.5. The van der Waals surface area contributed by atoms with Gasteiger partial charge in [0, 0.05) is 18.9 Å². The van der Waals surface area contributed by atoms with Crippen molar-refractivity contribution in [2.75, 3.05) is 0 Å². The van der Waals surface area contributed by atoms with Crippen LogP contribution in [0.4, 0.5) is 4.39 Å². The summed E-state index contributed by atoms with van der Waals surface area (Å²) in [6, 6.07) is 13.8. The molecule has 5 heteroatoms. The third-order valence-electron chi connectivity index (χ3n) is 3.80. The summed E-state index contributed by atoms with van der Waals surface area (Å²) in [4.78, 5) is 23.4. The molecule has 0 aliphatic heterocycles. The number of rotatable bonds is 6. The fraction of sp³-hybridized carbons (Fsp3) is 0.300. The first-order valence-electron chi connectivity index (χ1n) is 8.17. The van der Waals surface area contributed by atoms with E-state index in [1.807, 2.05) is 30.3 Å². The Morgan fingerprint density at radius 3 is 2.32 bits per heavy atom. The lowest BCUT2D eigenvalue weighted by Crippen LogP contribution is -2.24. The molecular formula is C20H21FO4. The number of halogens is 1. The molecule has 0 N–H and O–H groups in total. The summed E-state index contributed by atoms with van der Waals surface area (Å²) in [5.41, 5.74) is 1.73. The van der Waals surface area contributed by atoms with Gasteiger partial charge in [-0.05, 0) is 24.1 Å². The highest BCUT2D eigenvalue weighted by atomic mass is 19.1. The minimum Gasteiger partial charge on any atom is -0.425 e. The monoisotopic (exact) mass is 344 g/mol. The third kappa shape index (κ3) is 4.89. The molecular weight excluding hydrogens is 323 g/mol. The molecule has 132 valence electrons. The molecule has 2 aromatic carbocycles. The molecule has 2 unspecified atom stereocenters. The second kappa shape index (κ2) is 8.42. The molecule has 0 saturated carbocycles. The molecule has 2 atom stereocenters. The van der Waals surface area contributed by atoms with E-state index in [2.05, 4.69) is 0 Å². The molecule has 0 saturated heterocycles. The molecule has 4 nitrogen and oxygen atoms in total. The van der Waals surface area contributed by atoms with Crippen molar-refractivity contribution in [1.82, 2.24) is 0 Å². The molecule has 0 aliphatic rings. The van der Waals surface area contributed by atoms with Gasteiger partial charge in [-0.3, -0.25) is 9.59 Å². The zero-order chi connectivity index (χ0) is 18.4. The van der Waals surface area contributed by atoms with Crippen molar-refractivity contribution < 1.29 is 23.5 Å². The number of ether oxygens (including phenoxy) is 2. The van der Waals surface area contributed by atoms with E-state index in [0.29, 0.717) is 11.1 Å². The third-order valence-corrected chi connectivity index (χ3v) is 3.80. The van der Waals surface area contributed by atoms with Gasteiger partial charge in [0.2, 0.25) is 6.29 Å². The first-order chi connectivity index (χ1) is 11.9. The average molecular weight is 344 g/mol. The molecule has 0 spiro atoms. The van der Waals surface area contributed by atoms with E-state index < -0.39 is 30.0 Å². The van der Waals surface area contributed by atoms with Crippen molar-refractivity contribution >= 4 is 11.9 Å². The summed E-state index contributed by atoms with van der Waals surface area (Å²) in [5.74, 6) is -2.12. The summed E-state index contributed by atoms with van der Waals surface area (Å²) in [6.45, 7) is 4.74. The van der Waals surface area contributed by atoms with Crippen molar-refractivity contribution in [3.63, 3.8) is 0 Å². The van der Waals surface area contributed by atoms with Crippen LogP contribution in [0.1, 0.15) is 38.7 Å². The standard InChI is InChI=1S/C20H21FO4/c1-4-19(22)24-14(3)25-20(23)13(2)16-10-11-17(18(21)12-16)15-8-6-5-7-9-15/h5-14H,4H2,1-3H3. The maximum absolute atomic E-state index is 14.4. The van der Waals surface area contributed by atoms with Gasteiger partial charge in [0.15, 0.2) is 0 Å². The summed E-state index contributed by atoms with van der Waals surface area (Å²) in [7, 11) is 0. The Morgan fingerprint density at radius 1 is 1.04 bits per heavy atom. The minimum atomic E-state index is -0.976. The van der Waals surface area contributed by atoms with E-state index in [0.717, 1.165) is 5.56 Å². The van der Waals surface area contributed by atoms with Crippen LogP contribution in [0.5, 0.6) is 0 Å². The lowest BCUT2D eigenvalue weighted by atomic mass is 9.97. The van der Waals surface area contributed by atoms with Crippen LogP contribution in [0, 0.1) is 5.82 Å². The molecule has 0 radical (unpaired) electrons. The van der Waals surface area contributed by atoms with Gasteiger partial charge in [0.1, 0.15) is 5.82 Å². The first-order valence-corrected chi connectivity index (χ1v) is 8.17. The molecule has 0 heterocycles. The lowest BCUT2D eigenvalue weighted by molar-refractivity contribution is -0.185. The predicted molar refractivity (Wildman–Crippen MR) is 92.2 cm³/mol. The van der Waals surface area contributed by atoms with Crippen molar-refractivity contribution in [1.29, 1.82) is 0 Å². The van der Waals surface area contributed by atoms with Gasteiger partial charge in [0.05, 0.1) is 5.92 Å². The van der Waals surface area contributed by atoms with Crippen molar-refractivity contribution in [2.24, 2.45) is 0 Å². The Balaban J connectivity index is 2.09. The summed E-state index contributed by atoms with van der Waals surface area (Å²) >= 11 is 0. The molecule has 2 rings (SSSR count). The van der Waals surface area contributed by atoms with E-state index in [-0.39, 0.29) is 6.42 Å². The Bertz CT molecular complexity index is 743. The van der Waals surface area contributed by atoms with E-state index in [1.54, 1.807) is 26.0 Å². The topological polar surface area (TPSA) is 52.6 Å². The van der Waals surface area contributed by atoms with Crippen LogP contribution in [-0.4, -0.2) is 18.2 Å². The van der Waals surface area contributed by atoms with Crippen LogP contribution < -0.4 is 0 Å². The smallest absolute Gasteiger partial charge is 0.316 e. The normalized spacial score (nSPS) is 13.0. The van der Waals surface area contributed by atoms with Crippen LogP contribution in [0.3, 0.4) is 0 Å². The molecule has 0 bridgehead atoms. The Hall–Kier alpha value is -2.69. The number of carbonyl (C=O) groups excluding carboxylic acids is 2. The quantitative estimate of drug-likeness (QED) is 0.574. The van der Waals surface area contributed by atoms with Crippen LogP contribution >= 0.6 is 0 Å². The van der Waals surface area contributed by atoms with Crippen LogP contribution in [-0.2, 0) is 19.1 Å². The Labute approximate surface area is 146 Å². The number of carbonyl (C=O) groups is 2. The average Bonchev–Trinajstić information content (AvgIpc) is 2.61. The maximum atomic E-state index is 14.4. The predicted octanol–water partition coefficient (Wildman–Crippen LogP) is 4.44. The van der Waals surface area contributed by atoms with Gasteiger partial charge < -0.3 is 9.47 Å². The SMILES string of the molecule is CCC(=O)OC(C)OC(=O)C(C)c1ccc(-c2ccccc2)c(F)c1. The van der Waals surface area contributed by atoms with Gasteiger partial charge in [-0.2, -0.15) is 0 Å². The van der Waals surface area contributed by atoms with Crippen LogP contribution in [0.15, 0.2) is 48.5 Å². The molecule has 0 fully saturated rings. The van der Waals surface area contributed by atoms with Crippen molar-refractivity contribution in [3.8, 4) is 11.1 Å². The maximum Gasteiger partial charge on any atom is 0.316 e. The van der Waals surface area contributed by atoms with Gasteiger partial charge in [-0.1, -0.05) is 49.4 Å². The second-order valence-electron chi connectivity index (χ2n) is 5.67. The highest BCUT2D eigenvalue weighted by molar-refractivity contribution is 5.78. The van der Waals surface area contributed by atoms with Crippen LogP contribution in [0.2, 0.25) is 0 Å². The van der Waals surface area contributed by atoms with Gasteiger partial charge in [-0.15, -0.1) is 0 Å². The fourth-order valence-electron chi connectivity index (χ4n) is 2.35. The number of hydrogen-bond donors (Lipinski definition) is 0. The Morgan fingerprint density at radius 2 is 1.72 bits per heavy atom. The van der Waals surface area contributed by atoms with E-state index >= 15 is 0 Å². The second-order valence-corrected chi connectivity index (χ2v) is 5.67. The Kier molecular flexibility index (Phi) is 6.28. The number of esters is 2. The molecule has 25 heavy (non-hydrogen) atoms. The highest BCUT2D eigenvalue weighted by Gasteiger charge is 2.22. The van der Waals surface area contributed by atoms with Crippen molar-refractivity contribution in [3.05, 3.63) is 59.9 Å². The van der Waals surface area contributed by atoms with E-state index in [9.17, 15) is 14.0 Å². The van der Waals surface area contributed by atoms with Gasteiger partial charge in [0.25, 0.3) is 0 Å². The van der Waals surface area contributed by atoms with Gasteiger partial charge >= 0.3 is 11.9 Å². The molecule has 0 aromatic heterocycles. The minimum absolute atomic E-state index is 0.198. The van der Waals surface area contributed by atoms with E-state index in [1.165, 1.54) is 13.0 Å². The highest BCUT2D eigenvalue weighted by Crippen LogP contribution is 2.27. The fourth-order valence-corrected chi connectivity index (χ4v) is 2.35. The lowest BCUT2D eigenvalue weighted by Gasteiger charge is -2.17. The number of benzene rings is 2. The van der Waals surface area contributed by atoms with E-state index in [4.69, 9.17) is 9.47 Å². The summed E-state index contributed by atoms with van der Waals surface area (Å²) in [5, 5.41) is 0. The van der Waals surface area contributed by atoms with Gasteiger partial charge in [-0.25, -0.2) is 4.39 Å². The largest absolute Gasteiger partial charge is 0.425 e. The first kappa shape index (κ1) is 18.6. The molecule has 0 aliphatic carbocycles. The summed E-state index contributed by atoms with van der Waals surface area (Å²) in [6.07, 6.45) is -0.778. The molecule has 2 aromatic rings. The number of hydrogen-bond acceptors (Lipinski definition) is 4. The van der Waals surface area contributed by atoms with Crippen molar-refractivity contribution in [2.45, 2.75) is 39.4 Å².